The third-order valence-corrected chi connectivity index (χ3v) is 8.08. The van der Waals surface area contributed by atoms with Crippen molar-refractivity contribution >= 4 is 45.9 Å². The zero-order chi connectivity index (χ0) is 17.8. The summed E-state index contributed by atoms with van der Waals surface area (Å²) in [4.78, 5) is 17.9. The smallest absolute Gasteiger partial charge is 0.257 e. The molecule has 3 nitrogen and oxygen atoms in total. The van der Waals surface area contributed by atoms with Gasteiger partial charge in [0.05, 0.1) is 4.58 Å². The van der Waals surface area contributed by atoms with Crippen molar-refractivity contribution < 1.29 is 4.79 Å². The monoisotopic (exact) mass is 398 g/mol. The molecule has 6 heteroatoms. The quantitative estimate of drug-likeness (QED) is 0.619. The average Bonchev–Trinajstić information content (AvgIpc) is 3.35. The lowest BCUT2D eigenvalue weighted by Gasteiger charge is -2.09. The number of thioether (sulfide) groups is 2. The number of hydrogen-bond donors (Lipinski definition) is 1. The molecule has 0 atom stereocenters. The Labute approximate surface area is 165 Å². The van der Waals surface area contributed by atoms with Gasteiger partial charge in [0, 0.05) is 34.6 Å². The van der Waals surface area contributed by atoms with Gasteiger partial charge in [-0.3, -0.25) is 10.1 Å². The van der Waals surface area contributed by atoms with Gasteiger partial charge in [-0.05, 0) is 23.3 Å². The lowest BCUT2D eigenvalue weighted by molar-refractivity contribution is 0.102. The largest absolute Gasteiger partial charge is 0.298 e. The maximum Gasteiger partial charge on any atom is 0.257 e. The van der Waals surface area contributed by atoms with Gasteiger partial charge in [-0.2, -0.15) is 0 Å². The molecule has 0 aliphatic carbocycles. The van der Waals surface area contributed by atoms with Gasteiger partial charge in [-0.1, -0.05) is 42.5 Å². The highest BCUT2D eigenvalue weighted by Gasteiger charge is 2.18. The van der Waals surface area contributed by atoms with Crippen LogP contribution >= 0.6 is 34.9 Å². The van der Waals surface area contributed by atoms with Gasteiger partial charge >= 0.3 is 0 Å². The highest BCUT2D eigenvalue weighted by molar-refractivity contribution is 8.19. The average molecular weight is 399 g/mol. The van der Waals surface area contributed by atoms with Crippen molar-refractivity contribution in [2.45, 2.75) is 11.0 Å². The van der Waals surface area contributed by atoms with Crippen molar-refractivity contribution in [3.05, 3.63) is 82.4 Å². The Morgan fingerprint density at radius 3 is 2.50 bits per heavy atom. The molecule has 0 bridgehead atoms. The van der Waals surface area contributed by atoms with E-state index >= 15 is 0 Å². The number of carbonyl (C=O) groups excluding carboxylic acids is 1. The third-order valence-electron chi connectivity index (χ3n) is 4.06. The van der Waals surface area contributed by atoms with Crippen LogP contribution in [0.5, 0.6) is 0 Å². The molecule has 1 aromatic heterocycles. The van der Waals surface area contributed by atoms with E-state index in [1.165, 1.54) is 34.0 Å². The SMILES string of the molecule is O=C(Nc1ncc(Cc2ccccc2)s1)c1ccc(C2SCCS2)cc1. The molecule has 26 heavy (non-hydrogen) atoms. The fraction of sp³-hybridized carbons (Fsp3) is 0.200. The lowest BCUT2D eigenvalue weighted by atomic mass is 10.1. The third kappa shape index (κ3) is 4.31. The molecule has 0 radical (unpaired) electrons. The highest BCUT2D eigenvalue weighted by atomic mass is 32.2. The van der Waals surface area contributed by atoms with Gasteiger partial charge in [0.15, 0.2) is 5.13 Å². The lowest BCUT2D eigenvalue weighted by Crippen LogP contribution is -2.11. The maximum absolute atomic E-state index is 12.5. The summed E-state index contributed by atoms with van der Waals surface area (Å²) in [6, 6.07) is 18.2. The van der Waals surface area contributed by atoms with Crippen LogP contribution in [0.15, 0.2) is 60.8 Å². The second-order valence-electron chi connectivity index (χ2n) is 5.94. The minimum atomic E-state index is -0.108. The summed E-state index contributed by atoms with van der Waals surface area (Å²) in [5.74, 6) is 2.30. The highest BCUT2D eigenvalue weighted by Crippen LogP contribution is 2.45. The van der Waals surface area contributed by atoms with Crippen LogP contribution < -0.4 is 5.32 Å². The predicted molar refractivity (Wildman–Crippen MR) is 113 cm³/mol. The molecule has 3 aromatic rings. The topological polar surface area (TPSA) is 42.0 Å². The van der Waals surface area contributed by atoms with Gasteiger partial charge in [-0.15, -0.1) is 34.9 Å². The number of aromatic nitrogens is 1. The molecular weight excluding hydrogens is 380 g/mol. The zero-order valence-corrected chi connectivity index (χ0v) is 16.5. The van der Waals surface area contributed by atoms with E-state index in [4.69, 9.17) is 0 Å². The molecule has 1 N–H and O–H groups in total. The van der Waals surface area contributed by atoms with E-state index in [0.717, 1.165) is 11.3 Å². The Hall–Kier alpha value is -1.76. The van der Waals surface area contributed by atoms with Gasteiger partial charge in [-0.25, -0.2) is 4.98 Å². The fourth-order valence-electron chi connectivity index (χ4n) is 2.76. The molecule has 0 spiro atoms. The Morgan fingerprint density at radius 2 is 1.77 bits per heavy atom. The van der Waals surface area contributed by atoms with Crippen molar-refractivity contribution in [3.63, 3.8) is 0 Å². The van der Waals surface area contributed by atoms with Crippen molar-refractivity contribution in [1.29, 1.82) is 0 Å². The number of benzene rings is 2. The zero-order valence-electron chi connectivity index (χ0n) is 14.1. The normalized spacial score (nSPS) is 14.5. The number of amides is 1. The summed E-state index contributed by atoms with van der Waals surface area (Å²) in [5, 5.41) is 3.56. The van der Waals surface area contributed by atoms with Crippen LogP contribution in [-0.4, -0.2) is 22.4 Å². The number of carbonyl (C=O) groups is 1. The first-order valence-electron chi connectivity index (χ1n) is 8.41. The molecule has 2 heterocycles. The fourth-order valence-corrected chi connectivity index (χ4v) is 6.46. The molecule has 132 valence electrons. The molecule has 1 fully saturated rings. The summed E-state index contributed by atoms with van der Waals surface area (Å²) in [7, 11) is 0. The Balaban J connectivity index is 1.38. The number of nitrogens with zero attached hydrogens (tertiary/aromatic N) is 1. The van der Waals surface area contributed by atoms with Crippen LogP contribution in [-0.2, 0) is 6.42 Å². The van der Waals surface area contributed by atoms with Gasteiger partial charge < -0.3 is 0 Å². The van der Waals surface area contributed by atoms with E-state index in [-0.39, 0.29) is 5.91 Å². The van der Waals surface area contributed by atoms with Crippen molar-refractivity contribution in [2.24, 2.45) is 0 Å². The number of thiazole rings is 1. The maximum atomic E-state index is 12.5. The summed E-state index contributed by atoms with van der Waals surface area (Å²) >= 11 is 5.46. The van der Waals surface area contributed by atoms with Gasteiger partial charge in [0.25, 0.3) is 5.91 Å². The Kier molecular flexibility index (Phi) is 5.62. The molecule has 0 unspecified atom stereocenters. The molecule has 1 aliphatic rings. The van der Waals surface area contributed by atoms with E-state index in [9.17, 15) is 4.79 Å². The Morgan fingerprint density at radius 1 is 1.04 bits per heavy atom. The van der Waals surface area contributed by atoms with E-state index in [0.29, 0.717) is 15.3 Å². The first-order chi connectivity index (χ1) is 12.8. The first kappa shape index (κ1) is 17.6. The van der Waals surface area contributed by atoms with E-state index in [1.807, 2.05) is 60.1 Å². The van der Waals surface area contributed by atoms with Crippen LogP contribution in [0.2, 0.25) is 0 Å². The molecule has 4 rings (SSSR count). The minimum Gasteiger partial charge on any atom is -0.298 e. The van der Waals surface area contributed by atoms with E-state index in [2.05, 4.69) is 34.6 Å². The van der Waals surface area contributed by atoms with Crippen molar-refractivity contribution in [3.8, 4) is 0 Å². The first-order valence-corrected chi connectivity index (χ1v) is 11.3. The standard InChI is InChI=1S/C20H18N2OS3/c23-18(15-6-8-16(9-7-15)19-24-10-11-25-19)22-20-21-13-17(26-20)12-14-4-2-1-3-5-14/h1-9,13,19H,10-12H2,(H,21,22,23). The van der Waals surface area contributed by atoms with Gasteiger partial charge in [0.1, 0.15) is 0 Å². The summed E-state index contributed by atoms with van der Waals surface area (Å²) in [5.41, 5.74) is 3.20. The summed E-state index contributed by atoms with van der Waals surface area (Å²) in [6.07, 6.45) is 2.67. The number of nitrogens with one attached hydrogen (secondary N) is 1. The molecular formula is C20H18N2OS3. The van der Waals surface area contributed by atoms with Gasteiger partial charge in [0.2, 0.25) is 0 Å². The summed E-state index contributed by atoms with van der Waals surface area (Å²) < 4.78 is 0.506. The molecule has 1 saturated heterocycles. The van der Waals surface area contributed by atoms with Crippen LogP contribution in [0, 0.1) is 0 Å². The van der Waals surface area contributed by atoms with Crippen molar-refractivity contribution in [2.75, 3.05) is 16.8 Å². The molecule has 1 aliphatic heterocycles. The van der Waals surface area contributed by atoms with Crippen molar-refractivity contribution in [1.82, 2.24) is 4.98 Å². The molecule has 2 aromatic carbocycles. The second kappa shape index (κ2) is 8.29. The van der Waals surface area contributed by atoms with E-state index in [1.54, 1.807) is 0 Å². The molecule has 0 saturated carbocycles. The number of hydrogen-bond acceptors (Lipinski definition) is 5. The predicted octanol–water partition coefficient (Wildman–Crippen LogP) is 5.46. The van der Waals surface area contributed by atoms with E-state index < -0.39 is 0 Å². The molecule has 1 amide bonds. The summed E-state index contributed by atoms with van der Waals surface area (Å²) in [6.45, 7) is 0. The van der Waals surface area contributed by atoms with Crippen LogP contribution in [0.1, 0.15) is 30.9 Å². The van der Waals surface area contributed by atoms with Crippen LogP contribution in [0.3, 0.4) is 0 Å². The number of rotatable bonds is 5. The Bertz CT molecular complexity index is 872. The minimum absolute atomic E-state index is 0.108. The number of anilines is 1. The van der Waals surface area contributed by atoms with Crippen LogP contribution in [0.4, 0.5) is 5.13 Å². The van der Waals surface area contributed by atoms with Crippen LogP contribution in [0.25, 0.3) is 0 Å². The second-order valence-corrected chi connectivity index (χ2v) is 9.78.